The number of esters is 1. The first-order valence-electron chi connectivity index (χ1n) is 9.18. The van der Waals surface area contributed by atoms with Crippen LogP contribution in [-0.2, 0) is 9.53 Å². The second kappa shape index (κ2) is 8.53. The molecule has 1 aromatic heterocycles. The standard InChI is InChI=1S/C24H24N2O2/c1-5-22(24(27)28-4)23-9-7-6-8-20(23)12-11-19-15-25-26(16-19)21-13-10-17(2)18(3)14-21/h5-16H,1-4H3/b12-11+,22-5+. The minimum absolute atomic E-state index is 0.342. The molecule has 0 atom stereocenters. The Hall–Kier alpha value is -3.40. The lowest BCUT2D eigenvalue weighted by Crippen LogP contribution is -2.04. The SMILES string of the molecule is C/C=C(/C(=O)OC)c1ccccc1/C=C/c1cnn(-c2ccc(C)c(C)c2)c1. The van der Waals surface area contributed by atoms with Gasteiger partial charge in [-0.15, -0.1) is 0 Å². The van der Waals surface area contributed by atoms with E-state index in [1.165, 1.54) is 18.2 Å². The van der Waals surface area contributed by atoms with E-state index in [0.717, 1.165) is 22.4 Å². The summed E-state index contributed by atoms with van der Waals surface area (Å²) in [6.45, 7) is 6.03. The molecule has 0 saturated carbocycles. The van der Waals surface area contributed by atoms with Gasteiger partial charge in [0, 0.05) is 11.8 Å². The lowest BCUT2D eigenvalue weighted by Gasteiger charge is -2.08. The number of aromatic nitrogens is 2. The quantitative estimate of drug-likeness (QED) is 0.455. The summed E-state index contributed by atoms with van der Waals surface area (Å²) in [6, 6.07) is 14.1. The zero-order valence-corrected chi connectivity index (χ0v) is 16.6. The Balaban J connectivity index is 1.89. The van der Waals surface area contributed by atoms with Crippen LogP contribution in [0, 0.1) is 13.8 Å². The monoisotopic (exact) mass is 372 g/mol. The Labute approximate surface area is 165 Å². The van der Waals surface area contributed by atoms with Gasteiger partial charge in [-0.1, -0.05) is 48.6 Å². The van der Waals surface area contributed by atoms with Crippen LogP contribution >= 0.6 is 0 Å². The Morgan fingerprint density at radius 2 is 1.86 bits per heavy atom. The van der Waals surface area contributed by atoms with E-state index in [9.17, 15) is 4.79 Å². The van der Waals surface area contributed by atoms with Crippen molar-refractivity contribution in [1.82, 2.24) is 9.78 Å². The maximum atomic E-state index is 12.1. The summed E-state index contributed by atoms with van der Waals surface area (Å²) in [5.74, 6) is -0.342. The Morgan fingerprint density at radius 1 is 1.07 bits per heavy atom. The third-order valence-electron chi connectivity index (χ3n) is 4.76. The molecule has 4 heteroatoms. The van der Waals surface area contributed by atoms with E-state index >= 15 is 0 Å². The fourth-order valence-corrected chi connectivity index (χ4v) is 3.00. The van der Waals surface area contributed by atoms with Crippen molar-refractivity contribution in [3.8, 4) is 5.69 Å². The van der Waals surface area contributed by atoms with Gasteiger partial charge in [-0.3, -0.25) is 0 Å². The lowest BCUT2D eigenvalue weighted by molar-refractivity contribution is -0.133. The first-order chi connectivity index (χ1) is 13.5. The molecule has 0 radical (unpaired) electrons. The van der Waals surface area contributed by atoms with Crippen LogP contribution in [0.25, 0.3) is 23.4 Å². The van der Waals surface area contributed by atoms with Crippen LogP contribution < -0.4 is 0 Å². The fourth-order valence-electron chi connectivity index (χ4n) is 3.00. The van der Waals surface area contributed by atoms with Crippen molar-refractivity contribution in [2.24, 2.45) is 0 Å². The van der Waals surface area contributed by atoms with Crippen molar-refractivity contribution in [2.45, 2.75) is 20.8 Å². The number of hydrogen-bond donors (Lipinski definition) is 0. The zero-order valence-electron chi connectivity index (χ0n) is 16.6. The van der Waals surface area contributed by atoms with Crippen LogP contribution in [-0.4, -0.2) is 22.9 Å². The molecule has 3 aromatic rings. The first-order valence-corrected chi connectivity index (χ1v) is 9.18. The predicted molar refractivity (Wildman–Crippen MR) is 114 cm³/mol. The van der Waals surface area contributed by atoms with Crippen LogP contribution in [0.3, 0.4) is 0 Å². The summed E-state index contributed by atoms with van der Waals surface area (Å²) in [7, 11) is 1.39. The van der Waals surface area contributed by atoms with Crippen LogP contribution in [0.1, 0.15) is 34.7 Å². The number of allylic oxidation sites excluding steroid dienone is 1. The van der Waals surface area contributed by atoms with Gasteiger partial charge in [-0.05, 0) is 55.2 Å². The average molecular weight is 372 g/mol. The summed E-state index contributed by atoms with van der Waals surface area (Å²) < 4.78 is 6.77. The molecular formula is C24H24N2O2. The van der Waals surface area contributed by atoms with Crippen LogP contribution in [0.2, 0.25) is 0 Å². The molecule has 4 nitrogen and oxygen atoms in total. The van der Waals surface area contributed by atoms with E-state index in [2.05, 4.69) is 37.1 Å². The fraction of sp³-hybridized carbons (Fsp3) is 0.167. The molecule has 28 heavy (non-hydrogen) atoms. The summed E-state index contributed by atoms with van der Waals surface area (Å²) in [6.07, 6.45) is 9.57. The maximum absolute atomic E-state index is 12.1. The second-order valence-corrected chi connectivity index (χ2v) is 6.60. The molecule has 0 bridgehead atoms. The summed E-state index contributed by atoms with van der Waals surface area (Å²) in [4.78, 5) is 12.1. The third kappa shape index (κ3) is 4.12. The first kappa shape index (κ1) is 19.4. The van der Waals surface area contributed by atoms with Crippen molar-refractivity contribution < 1.29 is 9.53 Å². The molecule has 0 aliphatic rings. The van der Waals surface area contributed by atoms with Gasteiger partial charge in [0.05, 0.1) is 24.6 Å². The third-order valence-corrected chi connectivity index (χ3v) is 4.76. The highest BCUT2D eigenvalue weighted by Gasteiger charge is 2.13. The summed E-state index contributed by atoms with van der Waals surface area (Å²) in [5.41, 5.74) is 6.85. The summed E-state index contributed by atoms with van der Waals surface area (Å²) in [5, 5.41) is 4.46. The van der Waals surface area contributed by atoms with Gasteiger partial charge in [0.1, 0.15) is 0 Å². The number of nitrogens with zero attached hydrogens (tertiary/aromatic N) is 2. The topological polar surface area (TPSA) is 44.1 Å². The van der Waals surface area contributed by atoms with Gasteiger partial charge in [0.15, 0.2) is 0 Å². The van der Waals surface area contributed by atoms with Gasteiger partial charge >= 0.3 is 5.97 Å². The number of ether oxygens (including phenoxy) is 1. The number of carbonyl (C=O) groups excluding carboxylic acids is 1. The highest BCUT2D eigenvalue weighted by atomic mass is 16.5. The van der Waals surface area contributed by atoms with E-state index in [-0.39, 0.29) is 5.97 Å². The number of rotatable bonds is 5. The normalized spacial score (nSPS) is 11.8. The minimum atomic E-state index is -0.342. The van der Waals surface area contributed by atoms with Crippen LogP contribution in [0.5, 0.6) is 0 Å². The molecule has 0 aliphatic carbocycles. The van der Waals surface area contributed by atoms with Crippen LogP contribution in [0.15, 0.2) is 60.9 Å². The Kier molecular flexibility index (Phi) is 5.90. The molecule has 0 unspecified atom stereocenters. The lowest BCUT2D eigenvalue weighted by atomic mass is 9.99. The molecule has 0 saturated heterocycles. The molecule has 0 aliphatic heterocycles. The minimum Gasteiger partial charge on any atom is -0.465 e. The van der Waals surface area contributed by atoms with Gasteiger partial charge in [-0.2, -0.15) is 5.10 Å². The smallest absolute Gasteiger partial charge is 0.338 e. The van der Waals surface area contributed by atoms with Crippen molar-refractivity contribution in [1.29, 1.82) is 0 Å². The molecule has 1 heterocycles. The summed E-state index contributed by atoms with van der Waals surface area (Å²) >= 11 is 0. The number of hydrogen-bond acceptors (Lipinski definition) is 3. The molecular weight excluding hydrogens is 348 g/mol. The molecule has 2 aromatic carbocycles. The molecule has 0 spiro atoms. The van der Waals surface area contributed by atoms with Crippen molar-refractivity contribution >= 4 is 23.7 Å². The van der Waals surface area contributed by atoms with E-state index in [1.54, 1.807) is 6.08 Å². The second-order valence-electron chi connectivity index (χ2n) is 6.60. The zero-order chi connectivity index (χ0) is 20.1. The van der Waals surface area contributed by atoms with E-state index in [1.807, 2.05) is 60.4 Å². The highest BCUT2D eigenvalue weighted by molar-refractivity contribution is 6.17. The highest BCUT2D eigenvalue weighted by Crippen LogP contribution is 2.23. The van der Waals surface area contributed by atoms with Gasteiger partial charge < -0.3 is 4.74 Å². The van der Waals surface area contributed by atoms with E-state index in [0.29, 0.717) is 5.57 Å². The molecule has 0 fully saturated rings. The molecule has 0 N–H and O–H groups in total. The van der Waals surface area contributed by atoms with E-state index < -0.39 is 0 Å². The van der Waals surface area contributed by atoms with E-state index in [4.69, 9.17) is 4.74 Å². The largest absolute Gasteiger partial charge is 0.465 e. The van der Waals surface area contributed by atoms with Crippen molar-refractivity contribution in [3.05, 3.63) is 88.8 Å². The Bertz CT molecular complexity index is 1060. The number of carbonyl (C=O) groups is 1. The number of aryl methyl sites for hydroxylation is 2. The van der Waals surface area contributed by atoms with Crippen molar-refractivity contribution in [3.63, 3.8) is 0 Å². The Morgan fingerprint density at radius 3 is 2.57 bits per heavy atom. The average Bonchev–Trinajstić information content (AvgIpc) is 3.18. The predicted octanol–water partition coefficient (Wildman–Crippen LogP) is 5.24. The molecule has 3 rings (SSSR count). The van der Waals surface area contributed by atoms with Gasteiger partial charge in [-0.25, -0.2) is 9.48 Å². The number of methoxy groups -OCH3 is 1. The van der Waals surface area contributed by atoms with Crippen molar-refractivity contribution in [2.75, 3.05) is 7.11 Å². The molecule has 0 amide bonds. The number of benzene rings is 2. The maximum Gasteiger partial charge on any atom is 0.338 e. The van der Waals surface area contributed by atoms with Crippen LogP contribution in [0.4, 0.5) is 0 Å². The van der Waals surface area contributed by atoms with Gasteiger partial charge in [0.2, 0.25) is 0 Å². The molecule has 142 valence electrons. The van der Waals surface area contributed by atoms with Gasteiger partial charge in [0.25, 0.3) is 0 Å².